The Labute approximate surface area is 130 Å². The van der Waals surface area contributed by atoms with Gasteiger partial charge in [0.1, 0.15) is 16.1 Å². The highest BCUT2D eigenvalue weighted by Gasteiger charge is 2.32. The van der Waals surface area contributed by atoms with Crippen LogP contribution >= 0.6 is 12.2 Å². The van der Waals surface area contributed by atoms with E-state index in [0.717, 1.165) is 29.9 Å². The molecule has 2 aromatic heterocycles. The zero-order valence-corrected chi connectivity index (χ0v) is 13.8. The summed E-state index contributed by atoms with van der Waals surface area (Å²) >= 11 is 5.33. The molecule has 0 radical (unpaired) electrons. The lowest BCUT2D eigenvalue weighted by atomic mass is 9.95. The Hall–Kier alpha value is -1.53. The number of hydrogen-bond acceptors (Lipinski definition) is 4. The van der Waals surface area contributed by atoms with E-state index in [-0.39, 0.29) is 0 Å². The molecule has 0 fully saturated rings. The van der Waals surface area contributed by atoms with E-state index in [4.69, 9.17) is 17.0 Å². The fourth-order valence-electron chi connectivity index (χ4n) is 2.52. The van der Waals surface area contributed by atoms with Crippen LogP contribution in [0.4, 0.5) is 0 Å². The molecule has 2 aromatic rings. The lowest BCUT2D eigenvalue weighted by molar-refractivity contribution is -0.0571. The predicted octanol–water partition coefficient (Wildman–Crippen LogP) is 3.59. The van der Waals surface area contributed by atoms with Gasteiger partial charge in [0.15, 0.2) is 0 Å². The molecule has 21 heavy (non-hydrogen) atoms. The van der Waals surface area contributed by atoms with Crippen LogP contribution in [-0.2, 0) is 17.4 Å². The van der Waals surface area contributed by atoms with Gasteiger partial charge in [-0.25, -0.2) is 4.98 Å². The average molecular weight is 306 g/mol. The third kappa shape index (κ3) is 3.22. The van der Waals surface area contributed by atoms with Gasteiger partial charge in [-0.3, -0.25) is 4.68 Å². The number of hydrogen-bond donors (Lipinski definition) is 1. The third-order valence-electron chi connectivity index (χ3n) is 3.75. The number of rotatable bonds is 6. The minimum Gasteiger partial charge on any atom is -0.367 e. The van der Waals surface area contributed by atoms with Crippen molar-refractivity contribution >= 4 is 12.2 Å². The van der Waals surface area contributed by atoms with E-state index in [1.165, 1.54) is 0 Å². The Kier molecular flexibility index (Phi) is 4.90. The Bertz CT molecular complexity index is 658. The highest BCUT2D eigenvalue weighted by atomic mass is 32.1. The first-order valence-corrected chi connectivity index (χ1v) is 7.70. The molecule has 0 aliphatic rings. The molecule has 0 aliphatic heterocycles. The van der Waals surface area contributed by atoms with Crippen molar-refractivity contribution in [2.24, 2.45) is 7.05 Å². The summed E-state index contributed by atoms with van der Waals surface area (Å²) in [6.45, 7) is 6.85. The number of nitrogens with zero attached hydrogens (tertiary/aromatic N) is 3. The van der Waals surface area contributed by atoms with Crippen molar-refractivity contribution in [3.05, 3.63) is 28.9 Å². The number of aromatic nitrogens is 4. The molecule has 0 aliphatic carbocycles. The average Bonchev–Trinajstić information content (AvgIpc) is 2.91. The van der Waals surface area contributed by atoms with Crippen LogP contribution in [0.5, 0.6) is 0 Å². The van der Waals surface area contributed by atoms with Gasteiger partial charge in [0, 0.05) is 25.4 Å². The Morgan fingerprint density at radius 3 is 2.57 bits per heavy atom. The number of nitrogens with one attached hydrogen (secondary N) is 1. The molecule has 1 N–H and O–H groups in total. The number of H-pyrrole nitrogens is 1. The van der Waals surface area contributed by atoms with E-state index in [1.807, 2.05) is 32.4 Å². The van der Waals surface area contributed by atoms with Crippen LogP contribution in [0.15, 0.2) is 18.5 Å². The van der Waals surface area contributed by atoms with Gasteiger partial charge in [-0.1, -0.05) is 26.1 Å². The van der Waals surface area contributed by atoms with Crippen LogP contribution in [0.3, 0.4) is 0 Å². The van der Waals surface area contributed by atoms with Crippen LogP contribution in [0.25, 0.3) is 11.3 Å². The first-order chi connectivity index (χ1) is 10.0. The summed E-state index contributed by atoms with van der Waals surface area (Å²) in [7, 11) is 1.89. The monoisotopic (exact) mass is 306 g/mol. The van der Waals surface area contributed by atoms with Crippen LogP contribution in [0.1, 0.15) is 39.4 Å². The SMILES string of the molecule is CCOC(CC)(CC)c1nc(=S)cc(-c2cnn(C)c2)[nH]1. The topological polar surface area (TPSA) is 55.7 Å². The number of aryl methyl sites for hydroxylation is 1. The molecule has 5 nitrogen and oxygen atoms in total. The van der Waals surface area contributed by atoms with E-state index in [9.17, 15) is 0 Å². The first-order valence-electron chi connectivity index (χ1n) is 7.29. The molecular weight excluding hydrogens is 284 g/mol. The third-order valence-corrected chi connectivity index (χ3v) is 3.96. The molecule has 0 amide bonds. The molecule has 0 aromatic carbocycles. The van der Waals surface area contributed by atoms with Gasteiger partial charge in [0.25, 0.3) is 0 Å². The van der Waals surface area contributed by atoms with E-state index in [0.29, 0.717) is 11.2 Å². The smallest absolute Gasteiger partial charge is 0.140 e. The Balaban J connectivity index is 2.54. The maximum absolute atomic E-state index is 6.00. The molecule has 0 saturated heterocycles. The summed E-state index contributed by atoms with van der Waals surface area (Å²) in [5.41, 5.74) is 1.49. The molecule has 0 atom stereocenters. The van der Waals surface area contributed by atoms with Crippen LogP contribution in [0, 0.1) is 4.64 Å². The van der Waals surface area contributed by atoms with Gasteiger partial charge in [-0.05, 0) is 25.8 Å². The van der Waals surface area contributed by atoms with Crippen molar-refractivity contribution in [1.82, 2.24) is 19.7 Å². The fraction of sp³-hybridized carbons (Fsp3) is 0.533. The van der Waals surface area contributed by atoms with E-state index < -0.39 is 5.60 Å². The molecule has 6 heteroatoms. The molecule has 0 saturated carbocycles. The van der Waals surface area contributed by atoms with Gasteiger partial charge in [0.2, 0.25) is 0 Å². The van der Waals surface area contributed by atoms with Gasteiger partial charge in [-0.2, -0.15) is 5.10 Å². The fourth-order valence-corrected chi connectivity index (χ4v) is 2.73. The summed E-state index contributed by atoms with van der Waals surface area (Å²) in [5.74, 6) is 0.792. The molecule has 2 rings (SSSR count). The summed E-state index contributed by atoms with van der Waals surface area (Å²) in [6.07, 6.45) is 5.44. The van der Waals surface area contributed by atoms with Crippen molar-refractivity contribution in [3.8, 4) is 11.3 Å². The zero-order valence-electron chi connectivity index (χ0n) is 13.0. The molecule has 0 spiro atoms. The van der Waals surface area contributed by atoms with Gasteiger partial charge in [0.05, 0.1) is 11.9 Å². The maximum atomic E-state index is 6.00. The minimum absolute atomic E-state index is 0.416. The lowest BCUT2D eigenvalue weighted by Gasteiger charge is -2.30. The van der Waals surface area contributed by atoms with E-state index in [1.54, 1.807) is 4.68 Å². The van der Waals surface area contributed by atoms with Gasteiger partial charge in [-0.15, -0.1) is 0 Å². The molecule has 114 valence electrons. The zero-order chi connectivity index (χ0) is 15.5. The number of ether oxygens (including phenoxy) is 1. The van der Waals surface area contributed by atoms with E-state index >= 15 is 0 Å². The molecule has 0 bridgehead atoms. The molecule has 0 unspecified atom stereocenters. The van der Waals surface area contributed by atoms with Crippen molar-refractivity contribution in [2.75, 3.05) is 6.61 Å². The highest BCUT2D eigenvalue weighted by molar-refractivity contribution is 7.71. The van der Waals surface area contributed by atoms with Crippen molar-refractivity contribution in [2.45, 2.75) is 39.2 Å². The van der Waals surface area contributed by atoms with Gasteiger partial charge >= 0.3 is 0 Å². The highest BCUT2D eigenvalue weighted by Crippen LogP contribution is 2.31. The summed E-state index contributed by atoms with van der Waals surface area (Å²) in [4.78, 5) is 7.89. The predicted molar refractivity (Wildman–Crippen MR) is 85.5 cm³/mol. The molecular formula is C15H22N4OS. The van der Waals surface area contributed by atoms with Gasteiger partial charge < -0.3 is 9.72 Å². The number of aromatic amines is 1. The van der Waals surface area contributed by atoms with Crippen molar-refractivity contribution in [1.29, 1.82) is 0 Å². The van der Waals surface area contributed by atoms with Crippen molar-refractivity contribution in [3.63, 3.8) is 0 Å². The second-order valence-electron chi connectivity index (χ2n) is 5.02. The Morgan fingerprint density at radius 2 is 2.05 bits per heavy atom. The maximum Gasteiger partial charge on any atom is 0.140 e. The van der Waals surface area contributed by atoms with Crippen LogP contribution < -0.4 is 0 Å². The quantitative estimate of drug-likeness (QED) is 0.829. The minimum atomic E-state index is -0.416. The molecule has 2 heterocycles. The second-order valence-corrected chi connectivity index (χ2v) is 5.44. The lowest BCUT2D eigenvalue weighted by Crippen LogP contribution is -2.31. The Morgan fingerprint density at radius 1 is 1.33 bits per heavy atom. The van der Waals surface area contributed by atoms with Crippen molar-refractivity contribution < 1.29 is 4.74 Å². The standard InChI is InChI=1S/C15H22N4OS/c1-5-15(6-2,20-7-3)14-17-12(8-13(21)18-14)11-9-16-19(4)10-11/h8-10H,5-7H2,1-4H3,(H,17,18,21). The largest absolute Gasteiger partial charge is 0.367 e. The summed E-state index contributed by atoms with van der Waals surface area (Å²) < 4.78 is 8.33. The normalized spacial score (nSPS) is 11.8. The first kappa shape index (κ1) is 15.9. The van der Waals surface area contributed by atoms with Crippen LogP contribution in [-0.4, -0.2) is 26.4 Å². The summed E-state index contributed by atoms with van der Waals surface area (Å²) in [6, 6.07) is 1.86. The second kappa shape index (κ2) is 6.49. The van der Waals surface area contributed by atoms with Crippen LogP contribution in [0.2, 0.25) is 0 Å². The summed E-state index contributed by atoms with van der Waals surface area (Å²) in [5, 5.41) is 4.20. The van der Waals surface area contributed by atoms with E-state index in [2.05, 4.69) is 28.9 Å².